The summed E-state index contributed by atoms with van der Waals surface area (Å²) in [6.45, 7) is 1.18. The van der Waals surface area contributed by atoms with Crippen LogP contribution in [0, 0.1) is 5.92 Å². The molecule has 1 fully saturated rings. The summed E-state index contributed by atoms with van der Waals surface area (Å²) >= 11 is 0. The fourth-order valence-corrected chi connectivity index (χ4v) is 2.10. The summed E-state index contributed by atoms with van der Waals surface area (Å²) in [6.07, 6.45) is 0.818. The van der Waals surface area contributed by atoms with Crippen molar-refractivity contribution >= 4 is 11.6 Å². The van der Waals surface area contributed by atoms with Gasteiger partial charge in [0.25, 0.3) is 0 Å². The highest BCUT2D eigenvalue weighted by Gasteiger charge is 2.43. The average Bonchev–Trinajstić information content (AvgIpc) is 3.05. The van der Waals surface area contributed by atoms with E-state index in [9.17, 15) is 4.79 Å². The predicted molar refractivity (Wildman–Crippen MR) is 60.4 cm³/mol. The van der Waals surface area contributed by atoms with E-state index >= 15 is 0 Å². The zero-order valence-corrected chi connectivity index (χ0v) is 8.93. The molecule has 0 saturated heterocycles. The summed E-state index contributed by atoms with van der Waals surface area (Å²) in [5.74, 6) is 0.950. The van der Waals surface area contributed by atoms with Crippen molar-refractivity contribution in [3.63, 3.8) is 0 Å². The molecule has 2 N–H and O–H groups in total. The molecule has 1 amide bonds. The van der Waals surface area contributed by atoms with Crippen molar-refractivity contribution in [1.82, 2.24) is 0 Å². The van der Waals surface area contributed by atoms with E-state index in [0.717, 1.165) is 17.9 Å². The molecule has 0 radical (unpaired) electrons. The van der Waals surface area contributed by atoms with E-state index in [0.29, 0.717) is 13.2 Å². The Hall–Kier alpha value is -1.55. The number of amides is 1. The van der Waals surface area contributed by atoms with Gasteiger partial charge in [-0.15, -0.1) is 0 Å². The second-order valence-corrected chi connectivity index (χ2v) is 4.31. The van der Waals surface area contributed by atoms with Gasteiger partial charge in [0.1, 0.15) is 12.4 Å². The van der Waals surface area contributed by atoms with Gasteiger partial charge < -0.3 is 15.4 Å². The Balaban J connectivity index is 1.90. The number of fused-ring (bicyclic) bond motifs is 1. The van der Waals surface area contributed by atoms with Gasteiger partial charge >= 0.3 is 0 Å². The lowest BCUT2D eigenvalue weighted by atomic mass is 10.2. The maximum absolute atomic E-state index is 12.1. The number of benzene rings is 1. The molecule has 1 aromatic carbocycles. The molecule has 1 aromatic rings. The van der Waals surface area contributed by atoms with Crippen LogP contribution in [0.1, 0.15) is 6.42 Å². The lowest BCUT2D eigenvalue weighted by Gasteiger charge is -2.29. The van der Waals surface area contributed by atoms with Crippen molar-refractivity contribution in [2.24, 2.45) is 11.7 Å². The van der Waals surface area contributed by atoms with E-state index in [2.05, 4.69) is 0 Å². The number of ether oxygens (including phenoxy) is 1. The van der Waals surface area contributed by atoms with Crippen LogP contribution in [0.25, 0.3) is 0 Å². The van der Waals surface area contributed by atoms with E-state index < -0.39 is 0 Å². The van der Waals surface area contributed by atoms with Gasteiger partial charge in [-0.05, 0) is 18.6 Å². The van der Waals surface area contributed by atoms with Crippen LogP contribution in [-0.2, 0) is 4.79 Å². The fourth-order valence-electron chi connectivity index (χ4n) is 2.10. The maximum atomic E-state index is 12.1. The minimum atomic E-state index is 0.0196. The molecule has 1 heterocycles. The largest absolute Gasteiger partial charge is 0.490 e. The zero-order valence-electron chi connectivity index (χ0n) is 8.93. The first-order chi connectivity index (χ1) is 7.77. The Labute approximate surface area is 94.0 Å². The first-order valence-corrected chi connectivity index (χ1v) is 5.56. The average molecular weight is 218 g/mol. The highest BCUT2D eigenvalue weighted by Crippen LogP contribution is 2.36. The minimum absolute atomic E-state index is 0.0196. The van der Waals surface area contributed by atoms with E-state index in [1.165, 1.54) is 0 Å². The molecule has 4 nitrogen and oxygen atoms in total. The number of para-hydroxylation sites is 2. The molecule has 2 unspecified atom stereocenters. The lowest BCUT2D eigenvalue weighted by molar-refractivity contribution is -0.120. The van der Waals surface area contributed by atoms with Crippen LogP contribution in [0.4, 0.5) is 5.69 Å². The molecule has 84 valence electrons. The highest BCUT2D eigenvalue weighted by molar-refractivity contribution is 5.98. The molecule has 1 aliphatic carbocycles. The normalized spacial score (nSPS) is 26.9. The highest BCUT2D eigenvalue weighted by atomic mass is 16.5. The first kappa shape index (κ1) is 9.66. The van der Waals surface area contributed by atoms with Crippen LogP contribution in [0.3, 0.4) is 0 Å². The molecular formula is C12H14N2O2. The van der Waals surface area contributed by atoms with Crippen molar-refractivity contribution < 1.29 is 9.53 Å². The first-order valence-electron chi connectivity index (χ1n) is 5.56. The van der Waals surface area contributed by atoms with Crippen LogP contribution in [-0.4, -0.2) is 25.1 Å². The van der Waals surface area contributed by atoms with Crippen LogP contribution in [0.2, 0.25) is 0 Å². The third-order valence-corrected chi connectivity index (χ3v) is 3.15. The number of carbonyl (C=O) groups excluding carboxylic acids is 1. The van der Waals surface area contributed by atoms with Crippen molar-refractivity contribution in [1.29, 1.82) is 0 Å². The van der Waals surface area contributed by atoms with Gasteiger partial charge in [-0.3, -0.25) is 4.79 Å². The second kappa shape index (κ2) is 3.49. The maximum Gasteiger partial charge on any atom is 0.231 e. The topological polar surface area (TPSA) is 55.6 Å². The van der Waals surface area contributed by atoms with Gasteiger partial charge in [-0.25, -0.2) is 0 Å². The summed E-state index contributed by atoms with van der Waals surface area (Å²) < 4.78 is 5.51. The molecule has 16 heavy (non-hydrogen) atoms. The molecule has 0 aromatic heterocycles. The van der Waals surface area contributed by atoms with Gasteiger partial charge in [0.05, 0.1) is 18.2 Å². The van der Waals surface area contributed by atoms with E-state index in [4.69, 9.17) is 10.5 Å². The zero-order chi connectivity index (χ0) is 11.1. The predicted octanol–water partition coefficient (Wildman–Crippen LogP) is 0.759. The molecule has 2 aliphatic rings. The number of carbonyl (C=O) groups is 1. The summed E-state index contributed by atoms with van der Waals surface area (Å²) in [4.78, 5) is 13.9. The quantitative estimate of drug-likeness (QED) is 0.757. The van der Waals surface area contributed by atoms with Crippen LogP contribution < -0.4 is 15.4 Å². The van der Waals surface area contributed by atoms with Crippen molar-refractivity contribution in [2.45, 2.75) is 12.5 Å². The molecule has 3 rings (SSSR count). The van der Waals surface area contributed by atoms with Crippen LogP contribution in [0.5, 0.6) is 5.75 Å². The van der Waals surface area contributed by atoms with Crippen LogP contribution >= 0.6 is 0 Å². The standard InChI is InChI=1S/C12H14N2O2/c13-9-7-8(9)12(15)14-5-6-16-11-4-2-1-3-10(11)14/h1-4,8-9H,5-7,13H2. The Morgan fingerprint density at radius 3 is 2.94 bits per heavy atom. The van der Waals surface area contributed by atoms with Gasteiger partial charge in [0, 0.05) is 6.04 Å². The number of rotatable bonds is 1. The lowest BCUT2D eigenvalue weighted by Crippen LogP contribution is -2.39. The van der Waals surface area contributed by atoms with Gasteiger partial charge in [-0.1, -0.05) is 12.1 Å². The molecule has 0 bridgehead atoms. The smallest absolute Gasteiger partial charge is 0.231 e. The van der Waals surface area contributed by atoms with E-state index in [-0.39, 0.29) is 17.9 Å². The molecule has 0 spiro atoms. The summed E-state index contributed by atoms with van der Waals surface area (Å²) in [7, 11) is 0. The van der Waals surface area contributed by atoms with Gasteiger partial charge in [0.2, 0.25) is 5.91 Å². The Bertz CT molecular complexity index is 433. The van der Waals surface area contributed by atoms with Crippen LogP contribution in [0.15, 0.2) is 24.3 Å². The third kappa shape index (κ3) is 1.46. The third-order valence-electron chi connectivity index (χ3n) is 3.15. The molecular weight excluding hydrogens is 204 g/mol. The summed E-state index contributed by atoms with van der Waals surface area (Å²) in [5, 5.41) is 0. The fraction of sp³-hybridized carbons (Fsp3) is 0.417. The molecule has 1 aliphatic heterocycles. The Morgan fingerprint density at radius 2 is 2.19 bits per heavy atom. The van der Waals surface area contributed by atoms with E-state index in [1.807, 2.05) is 24.3 Å². The van der Waals surface area contributed by atoms with Crippen molar-refractivity contribution in [3.05, 3.63) is 24.3 Å². The molecule has 1 saturated carbocycles. The minimum Gasteiger partial charge on any atom is -0.490 e. The van der Waals surface area contributed by atoms with Crippen molar-refractivity contribution in [2.75, 3.05) is 18.1 Å². The number of nitrogens with two attached hydrogens (primary N) is 1. The number of nitrogens with zero attached hydrogens (tertiary/aromatic N) is 1. The van der Waals surface area contributed by atoms with Crippen molar-refractivity contribution in [3.8, 4) is 5.75 Å². The Morgan fingerprint density at radius 1 is 1.44 bits per heavy atom. The number of hydrogen-bond donors (Lipinski definition) is 1. The summed E-state index contributed by atoms with van der Waals surface area (Å²) in [6, 6.07) is 7.69. The monoisotopic (exact) mass is 218 g/mol. The van der Waals surface area contributed by atoms with Gasteiger partial charge in [0.15, 0.2) is 0 Å². The SMILES string of the molecule is NC1CC1C(=O)N1CCOc2ccccc21. The van der Waals surface area contributed by atoms with E-state index in [1.54, 1.807) is 4.90 Å². The number of anilines is 1. The number of hydrogen-bond acceptors (Lipinski definition) is 3. The molecule has 2 atom stereocenters. The molecule has 4 heteroatoms. The Kier molecular flexibility index (Phi) is 2.11. The van der Waals surface area contributed by atoms with Gasteiger partial charge in [-0.2, -0.15) is 0 Å². The summed E-state index contributed by atoms with van der Waals surface area (Å²) in [5.41, 5.74) is 6.59. The second-order valence-electron chi connectivity index (χ2n) is 4.31.